The Bertz CT molecular complexity index is 682. The van der Waals surface area contributed by atoms with Gasteiger partial charge in [0.1, 0.15) is 5.75 Å². The summed E-state index contributed by atoms with van der Waals surface area (Å²) in [7, 11) is 0. The SMILES string of the molecule is CC(C)(C)c1cc(CCc2ccccc2N)cc(C(C)(C)C)c1O. The smallest absolute Gasteiger partial charge is 0.123 e. The van der Waals surface area contributed by atoms with Crippen molar-refractivity contribution < 1.29 is 5.11 Å². The predicted octanol–water partition coefficient (Wildman–Crippen LogP) is 5.35. The zero-order valence-corrected chi connectivity index (χ0v) is 15.9. The molecule has 0 saturated heterocycles. The number of hydrogen-bond acceptors (Lipinski definition) is 2. The van der Waals surface area contributed by atoms with Crippen molar-refractivity contribution in [2.24, 2.45) is 0 Å². The highest BCUT2D eigenvalue weighted by molar-refractivity contribution is 5.51. The van der Waals surface area contributed by atoms with E-state index >= 15 is 0 Å². The number of para-hydroxylation sites is 1. The third-order valence-corrected chi connectivity index (χ3v) is 4.52. The van der Waals surface area contributed by atoms with Gasteiger partial charge in [-0.2, -0.15) is 0 Å². The average Bonchev–Trinajstić information content (AvgIpc) is 2.45. The van der Waals surface area contributed by atoms with Gasteiger partial charge in [-0.15, -0.1) is 0 Å². The van der Waals surface area contributed by atoms with Gasteiger partial charge in [0.2, 0.25) is 0 Å². The molecule has 0 unspecified atom stereocenters. The van der Waals surface area contributed by atoms with Crippen LogP contribution in [0, 0.1) is 0 Å². The molecule has 0 saturated carbocycles. The topological polar surface area (TPSA) is 46.2 Å². The maximum Gasteiger partial charge on any atom is 0.123 e. The lowest BCUT2D eigenvalue weighted by atomic mass is 9.78. The molecule has 0 fully saturated rings. The fourth-order valence-electron chi connectivity index (χ4n) is 3.02. The van der Waals surface area contributed by atoms with Crippen molar-refractivity contribution in [3.05, 3.63) is 58.7 Å². The van der Waals surface area contributed by atoms with Crippen molar-refractivity contribution in [3.8, 4) is 5.75 Å². The van der Waals surface area contributed by atoms with E-state index in [4.69, 9.17) is 5.73 Å². The second-order valence-corrected chi connectivity index (χ2v) is 8.74. The molecule has 24 heavy (non-hydrogen) atoms. The summed E-state index contributed by atoms with van der Waals surface area (Å²) in [6.07, 6.45) is 1.82. The van der Waals surface area contributed by atoms with Crippen LogP contribution in [0.1, 0.15) is 63.8 Å². The van der Waals surface area contributed by atoms with E-state index in [9.17, 15) is 5.11 Å². The standard InChI is InChI=1S/C22H31NO/c1-21(2,3)17-13-15(14-18(20(17)24)22(4,5)6)11-12-16-9-7-8-10-19(16)23/h7-10,13-14,24H,11-12,23H2,1-6H3. The molecule has 0 aliphatic rings. The molecule has 0 amide bonds. The largest absolute Gasteiger partial charge is 0.507 e. The molecule has 0 heterocycles. The highest BCUT2D eigenvalue weighted by Gasteiger charge is 2.26. The van der Waals surface area contributed by atoms with Crippen LogP contribution in [-0.2, 0) is 23.7 Å². The minimum atomic E-state index is -0.0914. The van der Waals surface area contributed by atoms with Crippen LogP contribution < -0.4 is 5.73 Å². The van der Waals surface area contributed by atoms with Crippen LogP contribution in [0.5, 0.6) is 5.75 Å². The molecule has 0 aliphatic carbocycles. The lowest BCUT2D eigenvalue weighted by Crippen LogP contribution is -2.18. The Morgan fingerprint density at radius 1 is 0.833 bits per heavy atom. The Morgan fingerprint density at radius 2 is 1.33 bits per heavy atom. The Labute approximate surface area is 146 Å². The maximum absolute atomic E-state index is 10.8. The third-order valence-electron chi connectivity index (χ3n) is 4.52. The van der Waals surface area contributed by atoms with Gasteiger partial charge in [0.15, 0.2) is 0 Å². The molecule has 2 heteroatoms. The summed E-state index contributed by atoms with van der Waals surface area (Å²) >= 11 is 0. The molecule has 0 bridgehead atoms. The molecular formula is C22H31NO. The van der Waals surface area contributed by atoms with E-state index in [1.165, 1.54) is 11.1 Å². The van der Waals surface area contributed by atoms with Crippen LogP contribution in [-0.4, -0.2) is 5.11 Å². The fourth-order valence-corrected chi connectivity index (χ4v) is 3.02. The second kappa shape index (κ2) is 6.51. The first-order valence-electron chi connectivity index (χ1n) is 8.70. The van der Waals surface area contributed by atoms with Crippen molar-refractivity contribution in [2.75, 3.05) is 5.73 Å². The summed E-state index contributed by atoms with van der Waals surface area (Å²) in [5.74, 6) is 0.443. The predicted molar refractivity (Wildman–Crippen MR) is 104 cm³/mol. The van der Waals surface area contributed by atoms with E-state index in [1.54, 1.807) is 0 Å². The normalized spacial score (nSPS) is 12.4. The minimum absolute atomic E-state index is 0.0914. The summed E-state index contributed by atoms with van der Waals surface area (Å²) in [5.41, 5.74) is 11.2. The molecule has 2 aromatic carbocycles. The van der Waals surface area contributed by atoms with Crippen LogP contribution in [0.3, 0.4) is 0 Å². The Kier molecular flexibility index (Phi) is 4.98. The first-order valence-corrected chi connectivity index (χ1v) is 8.70. The lowest BCUT2D eigenvalue weighted by Gasteiger charge is -2.28. The van der Waals surface area contributed by atoms with Gasteiger partial charge in [-0.05, 0) is 52.0 Å². The van der Waals surface area contributed by atoms with Crippen LogP contribution in [0.25, 0.3) is 0 Å². The quantitative estimate of drug-likeness (QED) is 0.747. The van der Waals surface area contributed by atoms with Gasteiger partial charge in [0.05, 0.1) is 0 Å². The van der Waals surface area contributed by atoms with Crippen LogP contribution in [0.2, 0.25) is 0 Å². The lowest BCUT2D eigenvalue weighted by molar-refractivity contribution is 0.422. The van der Waals surface area contributed by atoms with Crippen molar-refractivity contribution in [1.29, 1.82) is 0 Å². The van der Waals surface area contributed by atoms with Gasteiger partial charge in [-0.25, -0.2) is 0 Å². The zero-order valence-electron chi connectivity index (χ0n) is 15.9. The van der Waals surface area contributed by atoms with Crippen LogP contribution in [0.4, 0.5) is 5.69 Å². The summed E-state index contributed by atoms with van der Waals surface area (Å²) in [6.45, 7) is 12.9. The van der Waals surface area contributed by atoms with Gasteiger partial charge >= 0.3 is 0 Å². The molecule has 2 nitrogen and oxygen atoms in total. The average molecular weight is 325 g/mol. The van der Waals surface area contributed by atoms with Gasteiger partial charge in [0.25, 0.3) is 0 Å². The molecule has 0 spiro atoms. The molecule has 130 valence electrons. The molecule has 2 aromatic rings. The molecule has 0 aliphatic heterocycles. The van der Waals surface area contributed by atoms with Gasteiger partial charge < -0.3 is 10.8 Å². The Morgan fingerprint density at radius 3 is 1.79 bits per heavy atom. The number of anilines is 1. The second-order valence-electron chi connectivity index (χ2n) is 8.74. The monoisotopic (exact) mass is 325 g/mol. The van der Waals surface area contributed by atoms with Crippen molar-refractivity contribution in [3.63, 3.8) is 0 Å². The zero-order chi connectivity index (χ0) is 18.1. The fraction of sp³-hybridized carbons (Fsp3) is 0.455. The van der Waals surface area contributed by atoms with E-state index in [0.717, 1.165) is 29.7 Å². The van der Waals surface area contributed by atoms with Gasteiger partial charge in [-0.3, -0.25) is 0 Å². The minimum Gasteiger partial charge on any atom is -0.507 e. The van der Waals surface area contributed by atoms with Crippen molar-refractivity contribution in [1.82, 2.24) is 0 Å². The van der Waals surface area contributed by atoms with Gasteiger partial charge in [0, 0.05) is 5.69 Å². The maximum atomic E-state index is 10.8. The number of nitrogen functional groups attached to an aromatic ring is 1. The van der Waals surface area contributed by atoms with E-state index < -0.39 is 0 Å². The highest BCUT2D eigenvalue weighted by atomic mass is 16.3. The number of hydrogen-bond donors (Lipinski definition) is 2. The number of aromatic hydroxyl groups is 1. The Balaban J connectivity index is 2.41. The molecule has 2 rings (SSSR count). The van der Waals surface area contributed by atoms with Crippen LogP contribution in [0.15, 0.2) is 36.4 Å². The molecule has 0 radical (unpaired) electrons. The number of phenols is 1. The molecular weight excluding hydrogens is 294 g/mol. The highest BCUT2D eigenvalue weighted by Crippen LogP contribution is 2.40. The van der Waals surface area contributed by atoms with E-state index in [1.807, 2.05) is 18.2 Å². The number of phenolic OH excluding ortho intramolecular Hbond substituents is 1. The van der Waals surface area contributed by atoms with E-state index in [0.29, 0.717) is 5.75 Å². The number of benzene rings is 2. The van der Waals surface area contributed by atoms with E-state index in [-0.39, 0.29) is 10.8 Å². The van der Waals surface area contributed by atoms with Crippen molar-refractivity contribution in [2.45, 2.75) is 65.2 Å². The number of aryl methyl sites for hydroxylation is 2. The number of rotatable bonds is 3. The van der Waals surface area contributed by atoms with Gasteiger partial charge in [-0.1, -0.05) is 71.9 Å². The first kappa shape index (κ1) is 18.4. The molecule has 0 atom stereocenters. The Hall–Kier alpha value is -1.96. The first-order chi connectivity index (χ1) is 11.0. The molecule has 3 N–H and O–H groups in total. The van der Waals surface area contributed by atoms with E-state index in [2.05, 4.69) is 59.7 Å². The summed E-state index contributed by atoms with van der Waals surface area (Å²) in [6, 6.07) is 12.4. The summed E-state index contributed by atoms with van der Waals surface area (Å²) in [4.78, 5) is 0. The van der Waals surface area contributed by atoms with Crippen LogP contribution >= 0.6 is 0 Å². The third kappa shape index (κ3) is 4.11. The summed E-state index contributed by atoms with van der Waals surface area (Å²) in [5, 5.41) is 10.8. The summed E-state index contributed by atoms with van der Waals surface area (Å²) < 4.78 is 0. The molecule has 0 aromatic heterocycles. The number of nitrogens with two attached hydrogens (primary N) is 1. The van der Waals surface area contributed by atoms with Crippen molar-refractivity contribution >= 4 is 5.69 Å².